The highest BCUT2D eigenvalue weighted by atomic mass is 16.5. The van der Waals surface area contributed by atoms with E-state index in [9.17, 15) is 0 Å². The van der Waals surface area contributed by atoms with Crippen LogP contribution in [-0.2, 0) is 4.74 Å². The Balaban J connectivity index is 2.09. The van der Waals surface area contributed by atoms with Crippen molar-refractivity contribution >= 4 is 5.82 Å². The summed E-state index contributed by atoms with van der Waals surface area (Å²) >= 11 is 0. The van der Waals surface area contributed by atoms with Gasteiger partial charge in [-0.1, -0.05) is 6.92 Å². The van der Waals surface area contributed by atoms with Gasteiger partial charge in [0.1, 0.15) is 0 Å². The van der Waals surface area contributed by atoms with Crippen LogP contribution < -0.4 is 15.0 Å². The number of hydrogen-bond donors (Lipinski definition) is 1. The number of methoxy groups -OCH3 is 1. The van der Waals surface area contributed by atoms with Gasteiger partial charge < -0.3 is 19.7 Å². The van der Waals surface area contributed by atoms with E-state index < -0.39 is 0 Å². The van der Waals surface area contributed by atoms with E-state index in [1.807, 2.05) is 18.3 Å². The first-order chi connectivity index (χ1) is 9.36. The molecular formula is C14H23N3O2. The van der Waals surface area contributed by atoms with Crippen LogP contribution in [0.1, 0.15) is 13.3 Å². The highest BCUT2D eigenvalue weighted by Crippen LogP contribution is 2.27. The Bertz CT molecular complexity index is 387. The molecule has 0 aliphatic carbocycles. The minimum absolute atomic E-state index is 0.309. The highest BCUT2D eigenvalue weighted by molar-refractivity contribution is 5.53. The lowest BCUT2D eigenvalue weighted by Gasteiger charge is -2.37. The molecule has 2 heterocycles. The second-order valence-corrected chi connectivity index (χ2v) is 4.66. The lowest BCUT2D eigenvalue weighted by Crippen LogP contribution is -2.51. The summed E-state index contributed by atoms with van der Waals surface area (Å²) in [4.78, 5) is 6.75. The summed E-state index contributed by atoms with van der Waals surface area (Å²) in [7, 11) is 1.69. The third-order valence-corrected chi connectivity index (χ3v) is 3.28. The molecule has 0 amide bonds. The zero-order valence-electron chi connectivity index (χ0n) is 11.8. The number of hydrogen-bond acceptors (Lipinski definition) is 5. The van der Waals surface area contributed by atoms with E-state index in [0.717, 1.165) is 50.8 Å². The number of anilines is 1. The van der Waals surface area contributed by atoms with E-state index in [2.05, 4.69) is 22.1 Å². The molecule has 5 heteroatoms. The number of morpholine rings is 1. The summed E-state index contributed by atoms with van der Waals surface area (Å²) in [5.74, 6) is 1.74. The average molecular weight is 265 g/mol. The Morgan fingerprint density at radius 1 is 1.58 bits per heavy atom. The first kappa shape index (κ1) is 14.1. The lowest BCUT2D eigenvalue weighted by molar-refractivity contribution is 0.0931. The quantitative estimate of drug-likeness (QED) is 0.786. The van der Waals surface area contributed by atoms with Gasteiger partial charge in [0, 0.05) is 19.3 Å². The van der Waals surface area contributed by atoms with Crippen LogP contribution in [0.15, 0.2) is 18.3 Å². The van der Waals surface area contributed by atoms with Gasteiger partial charge in [-0.3, -0.25) is 0 Å². The lowest BCUT2D eigenvalue weighted by atomic mass is 10.2. The van der Waals surface area contributed by atoms with Gasteiger partial charge in [-0.25, -0.2) is 4.98 Å². The van der Waals surface area contributed by atoms with Crippen LogP contribution in [0, 0.1) is 0 Å². The van der Waals surface area contributed by atoms with Gasteiger partial charge in [-0.15, -0.1) is 0 Å². The molecule has 1 unspecified atom stereocenters. The fourth-order valence-corrected chi connectivity index (χ4v) is 2.31. The van der Waals surface area contributed by atoms with Crippen molar-refractivity contribution in [1.82, 2.24) is 10.3 Å². The molecule has 0 spiro atoms. The number of pyridine rings is 1. The maximum atomic E-state index is 5.59. The van der Waals surface area contributed by atoms with Crippen LogP contribution in [0.3, 0.4) is 0 Å². The van der Waals surface area contributed by atoms with E-state index in [-0.39, 0.29) is 0 Å². The Morgan fingerprint density at radius 3 is 3.26 bits per heavy atom. The van der Waals surface area contributed by atoms with Crippen LogP contribution in [0.4, 0.5) is 5.82 Å². The smallest absolute Gasteiger partial charge is 0.171 e. The predicted molar refractivity (Wildman–Crippen MR) is 75.9 cm³/mol. The van der Waals surface area contributed by atoms with Gasteiger partial charge in [0.2, 0.25) is 0 Å². The van der Waals surface area contributed by atoms with Gasteiger partial charge in [0.15, 0.2) is 11.6 Å². The van der Waals surface area contributed by atoms with Crippen molar-refractivity contribution in [3.05, 3.63) is 18.3 Å². The summed E-state index contributed by atoms with van der Waals surface area (Å²) < 4.78 is 11.0. The molecule has 1 aliphatic heterocycles. The Morgan fingerprint density at radius 2 is 2.47 bits per heavy atom. The molecule has 106 valence electrons. The average Bonchev–Trinajstić information content (AvgIpc) is 2.48. The summed E-state index contributed by atoms with van der Waals surface area (Å²) in [5, 5.41) is 3.45. The summed E-state index contributed by atoms with van der Waals surface area (Å²) in [5.41, 5.74) is 0. The predicted octanol–water partition coefficient (Wildman–Crippen LogP) is 1.29. The van der Waals surface area contributed by atoms with Crippen molar-refractivity contribution in [1.29, 1.82) is 0 Å². The first-order valence-electron chi connectivity index (χ1n) is 6.91. The molecule has 1 aliphatic rings. The molecule has 0 aromatic carbocycles. The van der Waals surface area contributed by atoms with E-state index in [0.29, 0.717) is 6.04 Å². The number of nitrogens with zero attached hydrogens (tertiary/aromatic N) is 2. The molecule has 1 aromatic heterocycles. The minimum Gasteiger partial charge on any atom is -0.493 e. The third kappa shape index (κ3) is 3.58. The molecular weight excluding hydrogens is 242 g/mol. The Hall–Kier alpha value is -1.33. The molecule has 19 heavy (non-hydrogen) atoms. The molecule has 0 bridgehead atoms. The van der Waals surface area contributed by atoms with Crippen LogP contribution in [0.5, 0.6) is 5.75 Å². The second kappa shape index (κ2) is 7.31. The number of aromatic nitrogens is 1. The molecule has 1 saturated heterocycles. The molecule has 0 saturated carbocycles. The summed E-state index contributed by atoms with van der Waals surface area (Å²) in [6.07, 6.45) is 2.95. The number of nitrogens with one attached hydrogen (secondary N) is 1. The number of rotatable bonds is 6. The van der Waals surface area contributed by atoms with Gasteiger partial charge in [-0.05, 0) is 25.1 Å². The molecule has 1 aromatic rings. The topological polar surface area (TPSA) is 46.6 Å². The minimum atomic E-state index is 0.309. The fourth-order valence-electron chi connectivity index (χ4n) is 2.31. The van der Waals surface area contributed by atoms with E-state index in [1.165, 1.54) is 0 Å². The Kier molecular flexibility index (Phi) is 5.42. The SMILES string of the molecule is CCCNCC1COCCN1c1ncccc1OC. The molecule has 1 N–H and O–H groups in total. The molecule has 1 atom stereocenters. The zero-order chi connectivity index (χ0) is 13.5. The largest absolute Gasteiger partial charge is 0.493 e. The standard InChI is InChI=1S/C14H23N3O2/c1-3-6-15-10-12-11-19-9-8-17(12)14-13(18-2)5-4-7-16-14/h4-5,7,12,15H,3,6,8-11H2,1-2H3. The highest BCUT2D eigenvalue weighted by Gasteiger charge is 2.25. The van der Waals surface area contributed by atoms with Crippen molar-refractivity contribution in [2.45, 2.75) is 19.4 Å². The maximum Gasteiger partial charge on any atom is 0.171 e. The Labute approximate surface area is 114 Å². The van der Waals surface area contributed by atoms with Crippen molar-refractivity contribution in [3.63, 3.8) is 0 Å². The van der Waals surface area contributed by atoms with Gasteiger partial charge in [-0.2, -0.15) is 0 Å². The van der Waals surface area contributed by atoms with Crippen molar-refractivity contribution < 1.29 is 9.47 Å². The van der Waals surface area contributed by atoms with E-state index in [1.54, 1.807) is 7.11 Å². The van der Waals surface area contributed by atoms with Gasteiger partial charge in [0.25, 0.3) is 0 Å². The van der Waals surface area contributed by atoms with Crippen LogP contribution in [0.2, 0.25) is 0 Å². The third-order valence-electron chi connectivity index (χ3n) is 3.28. The molecule has 0 radical (unpaired) electrons. The van der Waals surface area contributed by atoms with Crippen LogP contribution in [0.25, 0.3) is 0 Å². The molecule has 5 nitrogen and oxygen atoms in total. The van der Waals surface area contributed by atoms with Gasteiger partial charge in [0.05, 0.1) is 26.4 Å². The maximum absolute atomic E-state index is 5.59. The normalized spacial score (nSPS) is 19.5. The van der Waals surface area contributed by atoms with Crippen LogP contribution >= 0.6 is 0 Å². The van der Waals surface area contributed by atoms with Crippen LogP contribution in [-0.4, -0.2) is 51.0 Å². The summed E-state index contributed by atoms with van der Waals surface area (Å²) in [6.45, 7) is 6.44. The number of ether oxygens (including phenoxy) is 2. The zero-order valence-corrected chi connectivity index (χ0v) is 11.8. The van der Waals surface area contributed by atoms with Crippen molar-refractivity contribution in [2.75, 3.05) is 44.9 Å². The fraction of sp³-hybridized carbons (Fsp3) is 0.643. The van der Waals surface area contributed by atoms with E-state index >= 15 is 0 Å². The van der Waals surface area contributed by atoms with Crippen molar-refractivity contribution in [2.24, 2.45) is 0 Å². The van der Waals surface area contributed by atoms with E-state index in [4.69, 9.17) is 9.47 Å². The van der Waals surface area contributed by atoms with Crippen molar-refractivity contribution in [3.8, 4) is 5.75 Å². The molecule has 2 rings (SSSR count). The van der Waals surface area contributed by atoms with Gasteiger partial charge >= 0.3 is 0 Å². The monoisotopic (exact) mass is 265 g/mol. The summed E-state index contributed by atoms with van der Waals surface area (Å²) in [6, 6.07) is 4.16. The second-order valence-electron chi connectivity index (χ2n) is 4.66. The molecule has 1 fully saturated rings. The first-order valence-corrected chi connectivity index (χ1v) is 6.91.